The van der Waals surface area contributed by atoms with E-state index in [0.717, 1.165) is 17.5 Å². The van der Waals surface area contributed by atoms with Crippen molar-refractivity contribution in [2.24, 2.45) is 0 Å². The number of fused-ring (bicyclic) bond motifs is 1. The molecule has 2 N–H and O–H groups in total. The molecular formula is C35H36N2O7S. The van der Waals surface area contributed by atoms with E-state index in [1.54, 1.807) is 84.9 Å². The van der Waals surface area contributed by atoms with Crippen molar-refractivity contribution in [2.45, 2.75) is 49.6 Å². The fourth-order valence-corrected chi connectivity index (χ4v) is 6.62. The summed E-state index contributed by atoms with van der Waals surface area (Å²) in [5.74, 6) is 0.101. The third-order valence-corrected chi connectivity index (χ3v) is 9.32. The van der Waals surface area contributed by atoms with Gasteiger partial charge in [0.2, 0.25) is 10.0 Å². The molecule has 1 aliphatic rings. The molecule has 234 valence electrons. The molecule has 1 aliphatic carbocycles. The third-order valence-electron chi connectivity index (χ3n) is 7.87. The van der Waals surface area contributed by atoms with E-state index in [9.17, 15) is 18.0 Å². The first-order valence-electron chi connectivity index (χ1n) is 14.7. The van der Waals surface area contributed by atoms with Gasteiger partial charge in [-0.25, -0.2) is 13.2 Å². The Morgan fingerprint density at radius 3 is 2.18 bits per heavy atom. The van der Waals surface area contributed by atoms with Crippen LogP contribution >= 0.6 is 0 Å². The Morgan fingerprint density at radius 1 is 0.844 bits per heavy atom. The van der Waals surface area contributed by atoms with Gasteiger partial charge < -0.3 is 19.5 Å². The van der Waals surface area contributed by atoms with Crippen molar-refractivity contribution < 1.29 is 32.2 Å². The molecule has 1 amide bonds. The maximum Gasteiger partial charge on any atom is 0.338 e. The first-order chi connectivity index (χ1) is 21.7. The van der Waals surface area contributed by atoms with Crippen LogP contribution in [-0.2, 0) is 27.6 Å². The van der Waals surface area contributed by atoms with Crippen LogP contribution in [-0.4, -0.2) is 40.6 Å². The highest BCUT2D eigenvalue weighted by atomic mass is 32.2. The highest BCUT2D eigenvalue weighted by Gasteiger charge is 2.35. The van der Waals surface area contributed by atoms with Crippen LogP contribution in [0.3, 0.4) is 0 Å². The lowest BCUT2D eigenvalue weighted by Gasteiger charge is -2.28. The number of aryl methyl sites for hydroxylation is 2. The fourth-order valence-electron chi connectivity index (χ4n) is 5.38. The first-order valence-corrected chi connectivity index (χ1v) is 16.2. The molecule has 0 aliphatic heterocycles. The normalized spacial score (nSPS) is 16.2. The lowest BCUT2D eigenvalue weighted by Crippen LogP contribution is -2.38. The van der Waals surface area contributed by atoms with Crippen LogP contribution in [0.25, 0.3) is 0 Å². The Kier molecular flexibility index (Phi) is 9.85. The first kappa shape index (κ1) is 31.7. The maximum absolute atomic E-state index is 13.8. The minimum atomic E-state index is -4.04. The van der Waals surface area contributed by atoms with E-state index >= 15 is 0 Å². The summed E-state index contributed by atoms with van der Waals surface area (Å²) in [5.41, 5.74) is 3.68. The zero-order valence-electron chi connectivity index (χ0n) is 25.4. The average molecular weight is 629 g/mol. The number of methoxy groups -OCH3 is 2. The average Bonchev–Trinajstić information content (AvgIpc) is 3.22. The van der Waals surface area contributed by atoms with Crippen LogP contribution in [0.4, 0.5) is 5.69 Å². The van der Waals surface area contributed by atoms with Crippen molar-refractivity contribution in [3.05, 3.63) is 119 Å². The van der Waals surface area contributed by atoms with E-state index in [-0.39, 0.29) is 16.4 Å². The number of benzene rings is 4. The van der Waals surface area contributed by atoms with Gasteiger partial charge in [0.25, 0.3) is 5.91 Å². The maximum atomic E-state index is 13.8. The Morgan fingerprint density at radius 2 is 1.51 bits per heavy atom. The van der Waals surface area contributed by atoms with E-state index in [2.05, 4.69) is 10.0 Å². The molecule has 5 rings (SSSR count). The number of rotatable bonds is 10. The molecule has 4 aromatic rings. The van der Waals surface area contributed by atoms with Crippen LogP contribution < -0.4 is 19.5 Å². The van der Waals surface area contributed by atoms with E-state index < -0.39 is 28.1 Å². The number of ether oxygens (including phenoxy) is 3. The Labute approximate surface area is 263 Å². The summed E-state index contributed by atoms with van der Waals surface area (Å²) in [6.07, 6.45) is 1.64. The topological polar surface area (TPSA) is 120 Å². The molecule has 0 fully saturated rings. The van der Waals surface area contributed by atoms with Crippen molar-refractivity contribution in [2.75, 3.05) is 19.5 Å². The summed E-state index contributed by atoms with van der Waals surface area (Å²) in [5, 5.41) is 2.91. The van der Waals surface area contributed by atoms with Gasteiger partial charge in [-0.1, -0.05) is 37.3 Å². The van der Waals surface area contributed by atoms with E-state index in [1.807, 2.05) is 13.0 Å². The number of nitrogens with one attached hydrogen (secondary N) is 2. The minimum absolute atomic E-state index is 0.103. The minimum Gasteiger partial charge on any atom is -0.497 e. The van der Waals surface area contributed by atoms with E-state index in [0.29, 0.717) is 47.6 Å². The van der Waals surface area contributed by atoms with Gasteiger partial charge >= 0.3 is 5.97 Å². The van der Waals surface area contributed by atoms with Crippen LogP contribution in [0, 0.1) is 0 Å². The molecule has 45 heavy (non-hydrogen) atoms. The SMILES string of the molecule is CCc1ccc(S(=O)(=O)N[C@H]2c3cc(NC(=O)c4cccc(OC)c4)ccc3CCC[C@@H]2OC(=O)c2cccc(OC)c2)cc1. The predicted octanol–water partition coefficient (Wildman–Crippen LogP) is 6.10. The lowest BCUT2D eigenvalue weighted by molar-refractivity contribution is 0.0200. The van der Waals surface area contributed by atoms with Crippen LogP contribution in [0.2, 0.25) is 0 Å². The molecule has 0 spiro atoms. The number of esters is 1. The molecule has 0 saturated carbocycles. The summed E-state index contributed by atoms with van der Waals surface area (Å²) >= 11 is 0. The molecule has 2 atom stereocenters. The van der Waals surface area contributed by atoms with Gasteiger partial charge in [0.1, 0.15) is 17.6 Å². The summed E-state index contributed by atoms with van der Waals surface area (Å²) < 4.78 is 46.9. The molecule has 0 saturated heterocycles. The molecule has 10 heteroatoms. The molecule has 9 nitrogen and oxygen atoms in total. The fraction of sp³-hybridized carbons (Fsp3) is 0.257. The number of hydrogen-bond donors (Lipinski definition) is 2. The zero-order valence-corrected chi connectivity index (χ0v) is 26.2. The number of hydrogen-bond acceptors (Lipinski definition) is 7. The second-order valence-electron chi connectivity index (χ2n) is 10.8. The monoisotopic (exact) mass is 628 g/mol. The molecule has 0 heterocycles. The van der Waals surface area contributed by atoms with Gasteiger partial charge in [-0.05, 0) is 103 Å². The lowest BCUT2D eigenvalue weighted by atomic mass is 9.97. The van der Waals surface area contributed by atoms with Gasteiger partial charge in [-0.2, -0.15) is 4.72 Å². The second-order valence-corrected chi connectivity index (χ2v) is 12.5. The van der Waals surface area contributed by atoms with Gasteiger partial charge in [0.15, 0.2) is 0 Å². The van der Waals surface area contributed by atoms with Gasteiger partial charge in [-0.3, -0.25) is 4.79 Å². The molecule has 0 radical (unpaired) electrons. The number of carbonyl (C=O) groups is 2. The Hall–Kier alpha value is -4.67. The highest BCUT2D eigenvalue weighted by Crippen LogP contribution is 2.35. The van der Waals surface area contributed by atoms with Gasteiger partial charge in [-0.15, -0.1) is 0 Å². The Balaban J connectivity index is 1.51. The molecular weight excluding hydrogens is 592 g/mol. The Bertz CT molecular complexity index is 1790. The zero-order chi connectivity index (χ0) is 32.0. The molecule has 4 aromatic carbocycles. The number of sulfonamides is 1. The van der Waals surface area contributed by atoms with Crippen LogP contribution in [0.1, 0.15) is 63.2 Å². The van der Waals surface area contributed by atoms with Crippen LogP contribution in [0.5, 0.6) is 11.5 Å². The molecule has 0 unspecified atom stereocenters. The van der Waals surface area contributed by atoms with E-state index in [1.165, 1.54) is 14.2 Å². The number of carbonyl (C=O) groups excluding carboxylic acids is 2. The van der Waals surface area contributed by atoms with E-state index in [4.69, 9.17) is 14.2 Å². The second kappa shape index (κ2) is 14.0. The van der Waals surface area contributed by atoms with Crippen molar-refractivity contribution in [3.8, 4) is 11.5 Å². The quantitative estimate of drug-likeness (QED) is 0.161. The van der Waals surface area contributed by atoms with Crippen molar-refractivity contribution in [3.63, 3.8) is 0 Å². The predicted molar refractivity (Wildman–Crippen MR) is 171 cm³/mol. The highest BCUT2D eigenvalue weighted by molar-refractivity contribution is 7.89. The van der Waals surface area contributed by atoms with Crippen LogP contribution in [0.15, 0.2) is 95.9 Å². The largest absolute Gasteiger partial charge is 0.497 e. The number of amides is 1. The van der Waals surface area contributed by atoms with Crippen molar-refractivity contribution >= 4 is 27.6 Å². The molecule has 0 bridgehead atoms. The smallest absolute Gasteiger partial charge is 0.338 e. The third kappa shape index (κ3) is 7.53. The number of anilines is 1. The van der Waals surface area contributed by atoms with Crippen molar-refractivity contribution in [1.29, 1.82) is 0 Å². The summed E-state index contributed by atoms with van der Waals surface area (Å²) in [4.78, 5) is 26.6. The molecule has 0 aromatic heterocycles. The van der Waals surface area contributed by atoms with Gasteiger partial charge in [0, 0.05) is 11.3 Å². The van der Waals surface area contributed by atoms with Gasteiger partial charge in [0.05, 0.1) is 30.7 Å². The van der Waals surface area contributed by atoms with Crippen molar-refractivity contribution in [1.82, 2.24) is 4.72 Å². The summed E-state index contributed by atoms with van der Waals surface area (Å²) in [7, 11) is -1.000. The standard InChI is InChI=1S/C35H36N2O7S/c1-4-23-14-18-30(19-15-23)45(40,41)37-33-31-22-27(36-34(38)25-9-5-11-28(20-25)42-2)17-16-24(31)8-7-13-32(33)44-35(39)26-10-6-12-29(21-26)43-3/h5-6,9-12,14-22,32-33,37H,4,7-8,13H2,1-3H3,(H,36,38)/t32-,33-/m0/s1. The summed E-state index contributed by atoms with van der Waals surface area (Å²) in [6, 6.07) is 24.6. The summed E-state index contributed by atoms with van der Waals surface area (Å²) in [6.45, 7) is 2.00.